The molecule has 0 bridgehead atoms. The number of benzene rings is 3. The normalized spacial score (nSPS) is 10.4. The highest BCUT2D eigenvalue weighted by Crippen LogP contribution is 2.34. The van der Waals surface area contributed by atoms with Crippen LogP contribution in [-0.4, -0.2) is 19.2 Å². The molecule has 2 N–H and O–H groups in total. The maximum absolute atomic E-state index is 6.54. The Bertz CT molecular complexity index is 1330. The fraction of sp³-hybridized carbons (Fsp3) is 0.154. The van der Waals surface area contributed by atoms with E-state index < -0.39 is 0 Å². The summed E-state index contributed by atoms with van der Waals surface area (Å²) in [7, 11) is 0. The van der Waals surface area contributed by atoms with Crippen LogP contribution in [0.15, 0.2) is 71.4 Å². The third-order valence-electron chi connectivity index (χ3n) is 5.23. The van der Waals surface area contributed by atoms with Crippen LogP contribution in [0.5, 0.6) is 0 Å². The van der Waals surface area contributed by atoms with Crippen molar-refractivity contribution >= 4 is 57.6 Å². The highest BCUT2D eigenvalue weighted by atomic mass is 35.5. The first-order chi connectivity index (χ1) is 17.7. The SMILES string of the molecule is CC.Clc1cc(NCc2ccc(-c3csnn3)cc2)cc(Cl)c1NCc1ccc(-c2csnn2)cc1. The molecule has 5 aromatic rings. The van der Waals surface area contributed by atoms with Gasteiger partial charge in [0, 0.05) is 40.7 Å². The fourth-order valence-corrected chi connectivity index (χ4v) is 4.96. The lowest BCUT2D eigenvalue weighted by Gasteiger charge is -2.14. The van der Waals surface area contributed by atoms with Crippen molar-refractivity contribution in [2.24, 2.45) is 0 Å². The van der Waals surface area contributed by atoms with E-state index in [-0.39, 0.29) is 0 Å². The number of hydrogen-bond donors (Lipinski definition) is 2. The quantitative estimate of drug-likeness (QED) is 0.201. The molecule has 36 heavy (non-hydrogen) atoms. The monoisotopic (exact) mass is 554 g/mol. The van der Waals surface area contributed by atoms with E-state index in [1.165, 1.54) is 23.1 Å². The Morgan fingerprint density at radius 2 is 1.11 bits per heavy atom. The van der Waals surface area contributed by atoms with Crippen LogP contribution in [0.2, 0.25) is 10.0 Å². The Balaban J connectivity index is 0.00000148. The van der Waals surface area contributed by atoms with Crippen molar-refractivity contribution in [1.82, 2.24) is 19.2 Å². The molecule has 0 radical (unpaired) electrons. The molecule has 10 heteroatoms. The predicted molar refractivity (Wildman–Crippen MR) is 153 cm³/mol. The van der Waals surface area contributed by atoms with Gasteiger partial charge in [-0.05, 0) is 46.3 Å². The van der Waals surface area contributed by atoms with Crippen molar-refractivity contribution in [3.63, 3.8) is 0 Å². The molecule has 0 aliphatic carbocycles. The Kier molecular flexibility index (Phi) is 9.24. The molecule has 2 aromatic heterocycles. The van der Waals surface area contributed by atoms with Crippen LogP contribution in [0.4, 0.5) is 11.4 Å². The molecule has 0 aliphatic heterocycles. The van der Waals surface area contributed by atoms with Gasteiger partial charge in [-0.2, -0.15) is 0 Å². The highest BCUT2D eigenvalue weighted by molar-refractivity contribution is 7.03. The van der Waals surface area contributed by atoms with Gasteiger partial charge in [0.25, 0.3) is 0 Å². The van der Waals surface area contributed by atoms with E-state index in [2.05, 4.69) is 54.1 Å². The van der Waals surface area contributed by atoms with E-state index in [0.29, 0.717) is 28.8 Å². The van der Waals surface area contributed by atoms with Crippen molar-refractivity contribution in [1.29, 1.82) is 0 Å². The number of halogens is 2. The van der Waals surface area contributed by atoms with Crippen LogP contribution < -0.4 is 10.6 Å². The van der Waals surface area contributed by atoms with Gasteiger partial charge in [-0.15, -0.1) is 10.2 Å². The maximum Gasteiger partial charge on any atom is 0.105 e. The summed E-state index contributed by atoms with van der Waals surface area (Å²) in [5.41, 5.74) is 7.67. The summed E-state index contributed by atoms with van der Waals surface area (Å²) in [6.45, 7) is 5.25. The summed E-state index contributed by atoms with van der Waals surface area (Å²) in [6.07, 6.45) is 0. The summed E-state index contributed by atoms with van der Waals surface area (Å²) >= 11 is 15.8. The standard InChI is InChI=1S/C24H18Cl2N6S2.C2H6/c25-20-9-19(27-11-15-1-5-17(6-2-15)22-13-33-31-29-22)10-21(26)24(20)28-12-16-3-7-18(8-4-16)23-14-34-32-30-23;1-2/h1-10,13-14,27-28H,11-12H2;1-2H3. The van der Waals surface area contributed by atoms with Gasteiger partial charge >= 0.3 is 0 Å². The Labute approximate surface area is 228 Å². The molecule has 184 valence electrons. The summed E-state index contributed by atoms with van der Waals surface area (Å²) < 4.78 is 7.82. The van der Waals surface area contributed by atoms with Gasteiger partial charge in [0.1, 0.15) is 11.4 Å². The van der Waals surface area contributed by atoms with Gasteiger partial charge in [0.2, 0.25) is 0 Å². The van der Waals surface area contributed by atoms with Gasteiger partial charge in [0.15, 0.2) is 0 Å². The lowest BCUT2D eigenvalue weighted by molar-refractivity contribution is 1.13. The predicted octanol–water partition coefficient (Wildman–Crippen LogP) is 8.28. The molecule has 2 heterocycles. The van der Waals surface area contributed by atoms with Crippen molar-refractivity contribution in [3.8, 4) is 22.5 Å². The second-order valence-corrected chi connectivity index (χ2v) is 9.53. The van der Waals surface area contributed by atoms with E-state index in [4.69, 9.17) is 23.2 Å². The fourth-order valence-electron chi connectivity index (χ4n) is 3.41. The summed E-state index contributed by atoms with van der Waals surface area (Å²) in [5.74, 6) is 0. The molecule has 0 unspecified atom stereocenters. The van der Waals surface area contributed by atoms with Crippen molar-refractivity contribution in [2.45, 2.75) is 26.9 Å². The Hall–Kier alpha value is -3.04. The average Bonchev–Trinajstić information content (AvgIpc) is 3.64. The molecule has 5 rings (SSSR count). The van der Waals surface area contributed by atoms with Gasteiger partial charge in [-0.3, -0.25) is 0 Å². The van der Waals surface area contributed by atoms with E-state index in [1.807, 2.05) is 61.0 Å². The summed E-state index contributed by atoms with van der Waals surface area (Å²) in [6, 6.07) is 20.1. The first-order valence-electron chi connectivity index (χ1n) is 11.4. The molecule has 0 saturated heterocycles. The number of aromatic nitrogens is 4. The average molecular weight is 556 g/mol. The van der Waals surface area contributed by atoms with E-state index in [9.17, 15) is 0 Å². The molecule has 0 aliphatic rings. The molecule has 0 fully saturated rings. The van der Waals surface area contributed by atoms with Crippen LogP contribution in [0.1, 0.15) is 25.0 Å². The van der Waals surface area contributed by atoms with E-state index in [0.717, 1.165) is 39.3 Å². The second-order valence-electron chi connectivity index (χ2n) is 7.50. The number of nitrogens with one attached hydrogen (secondary N) is 2. The first-order valence-corrected chi connectivity index (χ1v) is 13.8. The number of anilines is 2. The molecule has 0 atom stereocenters. The van der Waals surface area contributed by atoms with Crippen LogP contribution in [-0.2, 0) is 13.1 Å². The Morgan fingerprint density at radius 3 is 1.53 bits per heavy atom. The topological polar surface area (TPSA) is 75.6 Å². The summed E-state index contributed by atoms with van der Waals surface area (Å²) in [4.78, 5) is 0. The van der Waals surface area contributed by atoms with Crippen LogP contribution >= 0.6 is 46.3 Å². The number of nitrogens with zero attached hydrogens (tertiary/aromatic N) is 4. The van der Waals surface area contributed by atoms with Gasteiger partial charge in [0.05, 0.1) is 15.7 Å². The van der Waals surface area contributed by atoms with Crippen molar-refractivity contribution in [3.05, 3.63) is 92.6 Å². The van der Waals surface area contributed by atoms with Crippen molar-refractivity contribution in [2.75, 3.05) is 10.6 Å². The molecular weight excluding hydrogens is 531 g/mol. The molecule has 0 amide bonds. The molecule has 6 nitrogen and oxygen atoms in total. The third-order valence-corrected chi connectivity index (χ3v) is 6.83. The third kappa shape index (κ3) is 6.59. The molecular formula is C26H24Cl2N6S2. The van der Waals surface area contributed by atoms with Crippen LogP contribution in [0.3, 0.4) is 0 Å². The number of hydrogen-bond acceptors (Lipinski definition) is 8. The zero-order chi connectivity index (χ0) is 25.3. The first kappa shape index (κ1) is 26.0. The van der Waals surface area contributed by atoms with E-state index in [1.54, 1.807) is 0 Å². The molecule has 0 spiro atoms. The zero-order valence-corrected chi connectivity index (χ0v) is 22.8. The lowest BCUT2D eigenvalue weighted by Crippen LogP contribution is -2.03. The lowest BCUT2D eigenvalue weighted by atomic mass is 10.1. The van der Waals surface area contributed by atoms with Gasteiger partial charge in [-0.25, -0.2) is 0 Å². The zero-order valence-electron chi connectivity index (χ0n) is 19.7. The van der Waals surface area contributed by atoms with Gasteiger partial charge in [-0.1, -0.05) is 94.6 Å². The minimum absolute atomic E-state index is 0.562. The number of rotatable bonds is 8. The minimum Gasteiger partial charge on any atom is -0.381 e. The summed E-state index contributed by atoms with van der Waals surface area (Å²) in [5, 5.41) is 19.9. The van der Waals surface area contributed by atoms with E-state index >= 15 is 0 Å². The molecule has 3 aromatic carbocycles. The highest BCUT2D eigenvalue weighted by Gasteiger charge is 2.09. The largest absolute Gasteiger partial charge is 0.381 e. The molecule has 0 saturated carbocycles. The van der Waals surface area contributed by atoms with Crippen molar-refractivity contribution < 1.29 is 0 Å². The van der Waals surface area contributed by atoms with Gasteiger partial charge < -0.3 is 10.6 Å². The minimum atomic E-state index is 0.562. The van der Waals surface area contributed by atoms with Crippen LogP contribution in [0.25, 0.3) is 22.5 Å². The second kappa shape index (κ2) is 12.8. The Morgan fingerprint density at radius 1 is 0.667 bits per heavy atom. The smallest absolute Gasteiger partial charge is 0.105 e. The van der Waals surface area contributed by atoms with Crippen LogP contribution in [0, 0.1) is 0 Å². The maximum atomic E-state index is 6.54.